The molecule has 3 N–H and O–H groups in total. The molecule has 3 heterocycles. The van der Waals surface area contributed by atoms with Gasteiger partial charge in [0.2, 0.25) is 0 Å². The molecule has 134 valence electrons. The van der Waals surface area contributed by atoms with Crippen molar-refractivity contribution in [2.75, 3.05) is 0 Å². The second-order valence-corrected chi connectivity index (χ2v) is 5.84. The highest BCUT2D eigenvalue weighted by molar-refractivity contribution is 5.95. The largest absolute Gasteiger partial charge is 0.508 e. The second kappa shape index (κ2) is 6.89. The third kappa shape index (κ3) is 3.00. The number of nitrogens with zero attached hydrogens (tertiary/aromatic N) is 5. The zero-order chi connectivity index (χ0) is 18.8. The average Bonchev–Trinajstić information content (AvgIpc) is 3.13. The van der Waals surface area contributed by atoms with Gasteiger partial charge >= 0.3 is 0 Å². The number of hydrogen-bond acceptors (Lipinski definition) is 8. The number of benzene rings is 1. The highest BCUT2D eigenvalue weighted by atomic mass is 16.3. The lowest BCUT2D eigenvalue weighted by molar-refractivity contribution is 0.222. The molecule has 0 spiro atoms. The molecule has 27 heavy (non-hydrogen) atoms. The van der Waals surface area contributed by atoms with Crippen molar-refractivity contribution < 1.29 is 10.2 Å². The Morgan fingerprint density at radius 3 is 2.56 bits per heavy atom. The Balaban J connectivity index is 1.96. The molecule has 0 saturated carbocycles. The number of phenols is 1. The molecule has 4 aromatic rings. The summed E-state index contributed by atoms with van der Waals surface area (Å²) in [5, 5.41) is 32.0. The monoisotopic (exact) mass is 362 g/mol. The fourth-order valence-corrected chi connectivity index (χ4v) is 2.97. The van der Waals surface area contributed by atoms with E-state index >= 15 is 0 Å². The molecule has 3 aromatic heterocycles. The van der Waals surface area contributed by atoms with Gasteiger partial charge in [-0.05, 0) is 23.8 Å². The molecule has 4 rings (SSSR count). The number of aromatic amines is 1. The lowest BCUT2D eigenvalue weighted by Gasteiger charge is -2.13. The van der Waals surface area contributed by atoms with Gasteiger partial charge < -0.3 is 15.2 Å². The fraction of sp³-hybridized carbons (Fsp3) is 0.111. The molecule has 1 unspecified atom stereocenters. The van der Waals surface area contributed by atoms with Gasteiger partial charge in [-0.2, -0.15) is 10.0 Å². The predicted octanol–water partition coefficient (Wildman–Crippen LogP) is 2.47. The van der Waals surface area contributed by atoms with Crippen LogP contribution < -0.4 is 0 Å². The van der Waals surface area contributed by atoms with Gasteiger partial charge in [-0.25, -0.2) is 9.97 Å². The van der Waals surface area contributed by atoms with Crippen molar-refractivity contribution in [3.63, 3.8) is 0 Å². The van der Waals surface area contributed by atoms with Gasteiger partial charge in [-0.1, -0.05) is 17.3 Å². The van der Waals surface area contributed by atoms with Crippen LogP contribution >= 0.6 is 0 Å². The Bertz CT molecular complexity index is 1100. The summed E-state index contributed by atoms with van der Waals surface area (Å²) in [6, 6.07) is 7.92. The number of nitroso groups, excluding NO2 is 1. The number of nitrogens with one attached hydrogen (secondary N) is 1. The number of H-pyrrole nitrogens is 1. The van der Waals surface area contributed by atoms with Crippen LogP contribution in [0.3, 0.4) is 0 Å². The van der Waals surface area contributed by atoms with Gasteiger partial charge in [-0.3, -0.25) is 0 Å². The van der Waals surface area contributed by atoms with E-state index in [9.17, 15) is 15.1 Å². The molecule has 0 aliphatic carbocycles. The SMILES string of the molecule is O=NCc1nnc2[nH]cc(C(O)c3ccc(O)cc3)c2c1-c1ncccn1. The summed E-state index contributed by atoms with van der Waals surface area (Å²) in [5.74, 6) is 0.461. The van der Waals surface area contributed by atoms with Crippen LogP contribution in [-0.2, 0) is 6.54 Å². The highest BCUT2D eigenvalue weighted by Gasteiger charge is 2.23. The Morgan fingerprint density at radius 1 is 1.11 bits per heavy atom. The van der Waals surface area contributed by atoms with Crippen LogP contribution in [0.1, 0.15) is 22.9 Å². The van der Waals surface area contributed by atoms with Crippen LogP contribution in [0.25, 0.3) is 22.4 Å². The number of aromatic hydroxyl groups is 1. The van der Waals surface area contributed by atoms with Crippen molar-refractivity contribution in [3.05, 3.63) is 70.7 Å². The minimum Gasteiger partial charge on any atom is -0.508 e. The van der Waals surface area contributed by atoms with Crippen molar-refractivity contribution in [1.29, 1.82) is 0 Å². The van der Waals surface area contributed by atoms with E-state index < -0.39 is 6.10 Å². The predicted molar refractivity (Wildman–Crippen MR) is 96.6 cm³/mol. The zero-order valence-corrected chi connectivity index (χ0v) is 13.9. The molecule has 0 bridgehead atoms. The molecule has 0 fully saturated rings. The first-order valence-electron chi connectivity index (χ1n) is 8.09. The molecule has 0 aliphatic heterocycles. The standard InChI is InChI=1S/C18H14N6O3/c25-11-4-2-10(3-5-11)16(26)12-8-21-18-14(12)15(13(9-22-27)23-24-18)17-19-6-1-7-20-17/h1-8,16,25-26H,9H2,(H,21,24). The quantitative estimate of drug-likeness (QED) is 0.464. The second-order valence-electron chi connectivity index (χ2n) is 5.84. The normalized spacial score (nSPS) is 12.2. The Labute approximate surface area is 152 Å². The number of hydrogen-bond donors (Lipinski definition) is 3. The summed E-state index contributed by atoms with van der Waals surface area (Å²) in [4.78, 5) is 22.4. The lowest BCUT2D eigenvalue weighted by Crippen LogP contribution is -2.03. The molecule has 9 heteroatoms. The van der Waals surface area contributed by atoms with E-state index in [2.05, 4.69) is 30.3 Å². The smallest absolute Gasteiger partial charge is 0.161 e. The number of aliphatic hydroxyl groups excluding tert-OH is 1. The summed E-state index contributed by atoms with van der Waals surface area (Å²) < 4.78 is 0. The van der Waals surface area contributed by atoms with Gasteiger partial charge in [0.05, 0.1) is 11.3 Å². The summed E-state index contributed by atoms with van der Waals surface area (Å²) in [5.41, 5.74) is 2.36. The van der Waals surface area contributed by atoms with Crippen LogP contribution in [-0.4, -0.2) is 35.4 Å². The van der Waals surface area contributed by atoms with Crippen LogP contribution in [0.15, 0.2) is 54.1 Å². The molecular formula is C18H14N6O3. The summed E-state index contributed by atoms with van der Waals surface area (Å²) in [6.45, 7) is -0.198. The van der Waals surface area contributed by atoms with Gasteiger partial charge in [0.1, 0.15) is 18.4 Å². The van der Waals surface area contributed by atoms with Crippen LogP contribution in [0.2, 0.25) is 0 Å². The molecule has 0 saturated heterocycles. The van der Waals surface area contributed by atoms with E-state index in [0.717, 1.165) is 0 Å². The lowest BCUT2D eigenvalue weighted by atomic mass is 9.98. The van der Waals surface area contributed by atoms with Crippen molar-refractivity contribution in [2.24, 2.45) is 5.18 Å². The van der Waals surface area contributed by atoms with Crippen molar-refractivity contribution >= 4 is 11.0 Å². The maximum Gasteiger partial charge on any atom is 0.161 e. The van der Waals surface area contributed by atoms with Crippen molar-refractivity contribution in [3.8, 4) is 17.1 Å². The van der Waals surface area contributed by atoms with Gasteiger partial charge in [0.15, 0.2) is 11.5 Å². The Morgan fingerprint density at radius 2 is 1.85 bits per heavy atom. The highest BCUT2D eigenvalue weighted by Crippen LogP contribution is 2.35. The summed E-state index contributed by atoms with van der Waals surface area (Å²) in [6.07, 6.45) is 3.79. The first-order valence-corrected chi connectivity index (χ1v) is 8.09. The minimum atomic E-state index is -0.997. The fourth-order valence-electron chi connectivity index (χ4n) is 2.97. The molecular weight excluding hydrogens is 348 g/mol. The Hall–Kier alpha value is -3.72. The molecule has 0 radical (unpaired) electrons. The van der Waals surface area contributed by atoms with Gasteiger partial charge in [-0.15, -0.1) is 5.10 Å². The molecule has 9 nitrogen and oxygen atoms in total. The third-order valence-electron chi connectivity index (χ3n) is 4.21. The van der Waals surface area contributed by atoms with E-state index in [1.807, 2.05) is 0 Å². The van der Waals surface area contributed by atoms with E-state index in [4.69, 9.17) is 0 Å². The first kappa shape index (κ1) is 16.7. The maximum atomic E-state index is 10.9. The maximum absolute atomic E-state index is 10.9. The van der Waals surface area contributed by atoms with Gasteiger partial charge in [0, 0.05) is 29.5 Å². The van der Waals surface area contributed by atoms with E-state index in [0.29, 0.717) is 39.2 Å². The van der Waals surface area contributed by atoms with E-state index in [1.54, 1.807) is 36.8 Å². The molecule has 1 aromatic carbocycles. The van der Waals surface area contributed by atoms with Crippen LogP contribution in [0.5, 0.6) is 5.75 Å². The Kier molecular flexibility index (Phi) is 4.27. The number of rotatable bonds is 5. The number of phenolic OH excluding ortho intramolecular Hbond substituents is 1. The van der Waals surface area contributed by atoms with Crippen LogP contribution in [0.4, 0.5) is 0 Å². The van der Waals surface area contributed by atoms with Gasteiger partial charge in [0.25, 0.3) is 0 Å². The number of fused-ring (bicyclic) bond motifs is 1. The number of aliphatic hydroxyl groups is 1. The van der Waals surface area contributed by atoms with E-state index in [1.165, 1.54) is 12.1 Å². The van der Waals surface area contributed by atoms with Crippen molar-refractivity contribution in [1.82, 2.24) is 25.1 Å². The number of aromatic nitrogens is 5. The molecule has 0 amide bonds. The zero-order valence-electron chi connectivity index (χ0n) is 13.9. The molecule has 0 aliphatic rings. The van der Waals surface area contributed by atoms with Crippen LogP contribution in [0, 0.1) is 4.91 Å². The van der Waals surface area contributed by atoms with Crippen molar-refractivity contribution in [2.45, 2.75) is 12.6 Å². The topological polar surface area (TPSA) is 137 Å². The molecule has 1 atom stereocenters. The third-order valence-corrected chi connectivity index (χ3v) is 4.21. The first-order chi connectivity index (χ1) is 13.2. The van der Waals surface area contributed by atoms with E-state index in [-0.39, 0.29) is 12.3 Å². The summed E-state index contributed by atoms with van der Waals surface area (Å²) >= 11 is 0. The summed E-state index contributed by atoms with van der Waals surface area (Å²) in [7, 11) is 0. The minimum absolute atomic E-state index is 0.105. The average molecular weight is 362 g/mol.